The average molecular weight is 420 g/mol. The van der Waals surface area contributed by atoms with Crippen molar-refractivity contribution in [2.24, 2.45) is 0 Å². The lowest BCUT2D eigenvalue weighted by atomic mass is 10.1. The van der Waals surface area contributed by atoms with Gasteiger partial charge >= 0.3 is 0 Å². The third-order valence-corrected chi connectivity index (χ3v) is 6.32. The lowest BCUT2D eigenvalue weighted by Gasteiger charge is -2.19. The number of benzene rings is 1. The van der Waals surface area contributed by atoms with Gasteiger partial charge in [0.25, 0.3) is 11.5 Å². The van der Waals surface area contributed by atoms with Crippen molar-refractivity contribution in [3.63, 3.8) is 0 Å². The maximum Gasteiger partial charge on any atom is 0.253 e. The zero-order valence-electron chi connectivity index (χ0n) is 16.5. The Morgan fingerprint density at radius 3 is 2.34 bits per heavy atom. The number of hydrogen-bond acceptors (Lipinski definition) is 5. The summed E-state index contributed by atoms with van der Waals surface area (Å²) in [5, 5.41) is 5.07. The van der Waals surface area contributed by atoms with Gasteiger partial charge < -0.3 is 15.2 Å². The van der Waals surface area contributed by atoms with Crippen molar-refractivity contribution >= 4 is 27.5 Å². The first kappa shape index (κ1) is 22.3. The second-order valence-electron chi connectivity index (χ2n) is 6.09. The van der Waals surface area contributed by atoms with Crippen LogP contribution in [0, 0.1) is 0 Å². The SMILES string of the molecule is CCN(CC)S(=O)(=O)c1ccc(=O)n(CC(=O)Nc2ccccc2C(=O)NC)c1. The Kier molecular flexibility index (Phi) is 7.29. The zero-order valence-corrected chi connectivity index (χ0v) is 17.3. The first-order chi connectivity index (χ1) is 13.7. The van der Waals surface area contributed by atoms with Gasteiger partial charge in [-0.2, -0.15) is 4.31 Å². The molecule has 1 aromatic heterocycles. The van der Waals surface area contributed by atoms with E-state index in [1.54, 1.807) is 38.1 Å². The van der Waals surface area contributed by atoms with E-state index in [2.05, 4.69) is 10.6 Å². The molecule has 0 bridgehead atoms. The Morgan fingerprint density at radius 1 is 1.07 bits per heavy atom. The summed E-state index contributed by atoms with van der Waals surface area (Å²) in [6.07, 6.45) is 1.15. The van der Waals surface area contributed by atoms with Crippen molar-refractivity contribution < 1.29 is 18.0 Å². The first-order valence-corrected chi connectivity index (χ1v) is 10.5. The molecule has 2 rings (SSSR count). The minimum atomic E-state index is -3.77. The largest absolute Gasteiger partial charge is 0.355 e. The third-order valence-electron chi connectivity index (χ3n) is 4.29. The summed E-state index contributed by atoms with van der Waals surface area (Å²) in [6, 6.07) is 8.77. The molecule has 0 saturated heterocycles. The number of sulfonamides is 1. The summed E-state index contributed by atoms with van der Waals surface area (Å²) in [4.78, 5) is 36.4. The van der Waals surface area contributed by atoms with Crippen molar-refractivity contribution in [3.8, 4) is 0 Å². The molecule has 0 spiro atoms. The van der Waals surface area contributed by atoms with Crippen LogP contribution >= 0.6 is 0 Å². The highest BCUT2D eigenvalue weighted by Gasteiger charge is 2.22. The molecule has 0 aliphatic rings. The van der Waals surface area contributed by atoms with Crippen molar-refractivity contribution in [3.05, 3.63) is 58.5 Å². The molecule has 9 nitrogen and oxygen atoms in total. The maximum atomic E-state index is 12.7. The van der Waals surface area contributed by atoms with Crippen molar-refractivity contribution in [1.82, 2.24) is 14.2 Å². The summed E-state index contributed by atoms with van der Waals surface area (Å²) in [6.45, 7) is 3.61. The van der Waals surface area contributed by atoms with Crippen LogP contribution in [0.2, 0.25) is 0 Å². The number of nitrogens with one attached hydrogen (secondary N) is 2. The molecule has 0 aliphatic carbocycles. The molecule has 0 unspecified atom stereocenters. The number of nitrogens with zero attached hydrogens (tertiary/aromatic N) is 2. The summed E-state index contributed by atoms with van der Waals surface area (Å²) in [5.74, 6) is -0.939. The molecule has 156 valence electrons. The predicted octanol–water partition coefficient (Wildman–Crippen LogP) is 0.877. The molecule has 0 aliphatic heterocycles. The predicted molar refractivity (Wildman–Crippen MR) is 109 cm³/mol. The maximum absolute atomic E-state index is 12.7. The Balaban J connectivity index is 2.28. The number of aromatic nitrogens is 1. The lowest BCUT2D eigenvalue weighted by molar-refractivity contribution is -0.116. The van der Waals surface area contributed by atoms with Gasteiger partial charge in [0.1, 0.15) is 6.54 Å². The highest BCUT2D eigenvalue weighted by Crippen LogP contribution is 2.16. The molecule has 0 atom stereocenters. The molecule has 2 aromatic rings. The molecule has 29 heavy (non-hydrogen) atoms. The minimum Gasteiger partial charge on any atom is -0.355 e. The Labute approximate surface area is 169 Å². The van der Waals surface area contributed by atoms with E-state index >= 15 is 0 Å². The Bertz CT molecular complexity index is 1060. The summed E-state index contributed by atoms with van der Waals surface area (Å²) in [5.41, 5.74) is 0.0450. The lowest BCUT2D eigenvalue weighted by Crippen LogP contribution is -2.33. The fourth-order valence-corrected chi connectivity index (χ4v) is 4.25. The summed E-state index contributed by atoms with van der Waals surface area (Å²) < 4.78 is 27.6. The van der Waals surface area contributed by atoms with Crippen molar-refractivity contribution in [2.45, 2.75) is 25.3 Å². The van der Waals surface area contributed by atoms with E-state index in [0.717, 1.165) is 16.8 Å². The van der Waals surface area contributed by atoms with E-state index in [9.17, 15) is 22.8 Å². The van der Waals surface area contributed by atoms with Gasteiger partial charge in [0.05, 0.1) is 16.1 Å². The number of para-hydroxylation sites is 1. The first-order valence-electron chi connectivity index (χ1n) is 9.06. The molecule has 1 aromatic carbocycles. The van der Waals surface area contributed by atoms with Gasteiger partial charge in [0.2, 0.25) is 15.9 Å². The number of carbonyl (C=O) groups is 2. The van der Waals surface area contributed by atoms with E-state index in [-0.39, 0.29) is 35.1 Å². The van der Waals surface area contributed by atoms with E-state index in [1.807, 2.05) is 0 Å². The highest BCUT2D eigenvalue weighted by atomic mass is 32.2. The molecular formula is C19H24N4O5S. The fraction of sp³-hybridized carbons (Fsp3) is 0.316. The summed E-state index contributed by atoms with van der Waals surface area (Å²) in [7, 11) is -2.29. The zero-order chi connectivity index (χ0) is 21.6. The van der Waals surface area contributed by atoms with Crippen LogP contribution in [-0.4, -0.2) is 49.2 Å². The monoisotopic (exact) mass is 420 g/mol. The van der Waals surface area contributed by atoms with Crippen LogP contribution in [0.25, 0.3) is 0 Å². The van der Waals surface area contributed by atoms with Crippen LogP contribution in [0.1, 0.15) is 24.2 Å². The van der Waals surface area contributed by atoms with Gasteiger partial charge in [0.15, 0.2) is 0 Å². The van der Waals surface area contributed by atoms with Crippen molar-refractivity contribution in [2.75, 3.05) is 25.5 Å². The van der Waals surface area contributed by atoms with Crippen LogP contribution in [0.4, 0.5) is 5.69 Å². The van der Waals surface area contributed by atoms with Crippen LogP contribution in [0.5, 0.6) is 0 Å². The van der Waals surface area contributed by atoms with Gasteiger partial charge in [-0.1, -0.05) is 26.0 Å². The Hall–Kier alpha value is -2.98. The molecule has 0 radical (unpaired) electrons. The topological polar surface area (TPSA) is 118 Å². The quantitative estimate of drug-likeness (QED) is 0.657. The van der Waals surface area contributed by atoms with Gasteiger partial charge in [0, 0.05) is 32.4 Å². The van der Waals surface area contributed by atoms with Crippen LogP contribution in [0.15, 0.2) is 52.3 Å². The van der Waals surface area contributed by atoms with Gasteiger partial charge in [-0.25, -0.2) is 8.42 Å². The number of pyridine rings is 1. The van der Waals surface area contributed by atoms with E-state index in [0.29, 0.717) is 0 Å². The minimum absolute atomic E-state index is 0.0700. The van der Waals surface area contributed by atoms with Crippen LogP contribution in [0.3, 0.4) is 0 Å². The van der Waals surface area contributed by atoms with Crippen LogP contribution in [-0.2, 0) is 21.4 Å². The number of rotatable bonds is 8. The molecule has 1 heterocycles. The number of carbonyl (C=O) groups excluding carboxylic acids is 2. The average Bonchev–Trinajstić information content (AvgIpc) is 2.70. The van der Waals surface area contributed by atoms with Gasteiger partial charge in [-0.05, 0) is 18.2 Å². The molecule has 10 heteroatoms. The normalized spacial score (nSPS) is 11.3. The Morgan fingerprint density at radius 2 is 1.72 bits per heavy atom. The fourth-order valence-electron chi connectivity index (χ4n) is 2.77. The number of anilines is 1. The van der Waals surface area contributed by atoms with Crippen molar-refractivity contribution in [1.29, 1.82) is 0 Å². The van der Waals surface area contributed by atoms with Gasteiger partial charge in [-0.15, -0.1) is 0 Å². The number of amides is 2. The van der Waals surface area contributed by atoms with E-state index in [4.69, 9.17) is 0 Å². The smallest absolute Gasteiger partial charge is 0.253 e. The molecular weight excluding hydrogens is 396 g/mol. The second kappa shape index (κ2) is 9.48. The molecule has 0 fully saturated rings. The highest BCUT2D eigenvalue weighted by molar-refractivity contribution is 7.89. The third kappa shape index (κ3) is 5.09. The molecule has 2 amide bonds. The van der Waals surface area contributed by atoms with Crippen LogP contribution < -0.4 is 16.2 Å². The standard InChI is InChI=1S/C19H24N4O5S/c1-4-23(5-2)29(27,28)14-10-11-18(25)22(12-14)13-17(24)21-16-9-7-6-8-15(16)19(26)20-3/h6-12H,4-5,13H2,1-3H3,(H,20,26)(H,21,24). The second-order valence-corrected chi connectivity index (χ2v) is 8.03. The number of hydrogen-bond donors (Lipinski definition) is 2. The van der Waals surface area contributed by atoms with E-state index < -0.39 is 28.0 Å². The summed E-state index contributed by atoms with van der Waals surface area (Å²) >= 11 is 0. The molecule has 2 N–H and O–H groups in total. The van der Waals surface area contributed by atoms with Gasteiger partial charge in [-0.3, -0.25) is 14.4 Å². The van der Waals surface area contributed by atoms with E-state index in [1.165, 1.54) is 17.4 Å². The molecule has 0 saturated carbocycles.